The molecule has 1 aliphatic rings. The standard InChI is InChI=1S/C13H19N3O3/c17-12-11(2-1-5-15-12)13(18)16-8-9-19-10-3-6-14-7-4-10/h1-2,5,10,14H,3-4,6-9H2,(H,15,17)(H,16,18). The van der Waals surface area contributed by atoms with E-state index in [4.69, 9.17) is 4.74 Å². The van der Waals surface area contributed by atoms with Crippen LogP contribution in [-0.4, -0.2) is 43.2 Å². The summed E-state index contributed by atoms with van der Waals surface area (Å²) in [7, 11) is 0. The average molecular weight is 265 g/mol. The highest BCUT2D eigenvalue weighted by Crippen LogP contribution is 2.06. The molecular formula is C13H19N3O3. The maximum Gasteiger partial charge on any atom is 0.260 e. The molecule has 6 nitrogen and oxygen atoms in total. The van der Waals surface area contributed by atoms with Crippen LogP contribution in [0.1, 0.15) is 23.2 Å². The Hall–Kier alpha value is -1.66. The molecule has 19 heavy (non-hydrogen) atoms. The summed E-state index contributed by atoms with van der Waals surface area (Å²) in [5.74, 6) is -0.365. The van der Waals surface area contributed by atoms with Crippen molar-refractivity contribution in [2.75, 3.05) is 26.2 Å². The molecule has 2 rings (SSSR count). The molecule has 0 spiro atoms. The van der Waals surface area contributed by atoms with Crippen LogP contribution in [-0.2, 0) is 4.74 Å². The van der Waals surface area contributed by atoms with Crippen LogP contribution in [0.3, 0.4) is 0 Å². The van der Waals surface area contributed by atoms with Gasteiger partial charge in [0.2, 0.25) is 0 Å². The van der Waals surface area contributed by atoms with E-state index < -0.39 is 0 Å². The van der Waals surface area contributed by atoms with Crippen molar-refractivity contribution in [3.63, 3.8) is 0 Å². The van der Waals surface area contributed by atoms with Crippen molar-refractivity contribution in [2.24, 2.45) is 0 Å². The van der Waals surface area contributed by atoms with Crippen LogP contribution >= 0.6 is 0 Å². The van der Waals surface area contributed by atoms with Crippen LogP contribution < -0.4 is 16.2 Å². The molecule has 1 saturated heterocycles. The van der Waals surface area contributed by atoms with Crippen molar-refractivity contribution in [1.29, 1.82) is 0 Å². The minimum absolute atomic E-state index is 0.129. The number of amides is 1. The van der Waals surface area contributed by atoms with Gasteiger partial charge in [0.1, 0.15) is 5.56 Å². The maximum absolute atomic E-state index is 11.7. The van der Waals surface area contributed by atoms with Gasteiger partial charge in [-0.15, -0.1) is 0 Å². The molecule has 0 saturated carbocycles. The van der Waals surface area contributed by atoms with Crippen molar-refractivity contribution in [2.45, 2.75) is 18.9 Å². The lowest BCUT2D eigenvalue weighted by Gasteiger charge is -2.22. The Kier molecular flexibility index (Phi) is 5.11. The van der Waals surface area contributed by atoms with Crippen LogP contribution in [0.2, 0.25) is 0 Å². The molecule has 0 atom stereocenters. The number of aromatic amines is 1. The first-order valence-electron chi connectivity index (χ1n) is 6.55. The molecule has 6 heteroatoms. The second-order valence-corrected chi connectivity index (χ2v) is 4.49. The third-order valence-electron chi connectivity index (χ3n) is 3.09. The normalized spacial score (nSPS) is 16.2. The van der Waals surface area contributed by atoms with E-state index in [0.717, 1.165) is 25.9 Å². The van der Waals surface area contributed by atoms with Crippen LogP contribution in [0, 0.1) is 0 Å². The molecule has 0 aliphatic carbocycles. The lowest BCUT2D eigenvalue weighted by molar-refractivity contribution is 0.0343. The zero-order valence-electron chi connectivity index (χ0n) is 10.8. The highest BCUT2D eigenvalue weighted by Gasteiger charge is 2.13. The van der Waals surface area contributed by atoms with Crippen molar-refractivity contribution in [1.82, 2.24) is 15.6 Å². The Labute approximate surface area is 111 Å². The Morgan fingerprint density at radius 2 is 2.21 bits per heavy atom. The van der Waals surface area contributed by atoms with Crippen LogP contribution in [0.25, 0.3) is 0 Å². The Bertz CT molecular complexity index is 466. The van der Waals surface area contributed by atoms with E-state index in [9.17, 15) is 9.59 Å². The van der Waals surface area contributed by atoms with Crippen LogP contribution in [0.15, 0.2) is 23.1 Å². The summed E-state index contributed by atoms with van der Waals surface area (Å²) < 4.78 is 5.66. The zero-order valence-corrected chi connectivity index (χ0v) is 10.8. The van der Waals surface area contributed by atoms with Gasteiger partial charge in [-0.2, -0.15) is 0 Å². The molecule has 0 radical (unpaired) electrons. The molecule has 1 fully saturated rings. The number of carbonyl (C=O) groups excluding carboxylic acids is 1. The minimum atomic E-state index is -0.376. The van der Waals surface area contributed by atoms with Crippen molar-refractivity contribution < 1.29 is 9.53 Å². The molecule has 0 bridgehead atoms. The first-order chi connectivity index (χ1) is 9.27. The number of H-pyrrole nitrogens is 1. The molecule has 0 aromatic carbocycles. The Morgan fingerprint density at radius 3 is 2.95 bits per heavy atom. The van der Waals surface area contributed by atoms with Gasteiger partial charge in [0, 0.05) is 12.7 Å². The summed E-state index contributed by atoms with van der Waals surface area (Å²) >= 11 is 0. The zero-order chi connectivity index (χ0) is 13.5. The van der Waals surface area contributed by atoms with E-state index in [1.54, 1.807) is 6.07 Å². The summed E-state index contributed by atoms with van der Waals surface area (Å²) in [4.78, 5) is 25.6. The van der Waals surface area contributed by atoms with Gasteiger partial charge < -0.3 is 20.4 Å². The van der Waals surface area contributed by atoms with Gasteiger partial charge in [-0.25, -0.2) is 0 Å². The fraction of sp³-hybridized carbons (Fsp3) is 0.538. The monoisotopic (exact) mass is 265 g/mol. The molecule has 1 aromatic rings. The van der Waals surface area contributed by atoms with Gasteiger partial charge in [0.05, 0.1) is 12.7 Å². The number of ether oxygens (including phenoxy) is 1. The first-order valence-corrected chi connectivity index (χ1v) is 6.55. The molecule has 1 aromatic heterocycles. The largest absolute Gasteiger partial charge is 0.376 e. The number of nitrogens with one attached hydrogen (secondary N) is 3. The molecular weight excluding hydrogens is 246 g/mol. The summed E-state index contributed by atoms with van der Waals surface area (Å²) in [6, 6.07) is 3.13. The van der Waals surface area contributed by atoms with E-state index in [1.807, 2.05) is 0 Å². The quantitative estimate of drug-likeness (QED) is 0.648. The summed E-state index contributed by atoms with van der Waals surface area (Å²) in [5, 5.41) is 5.94. The third kappa shape index (κ3) is 4.18. The predicted molar refractivity (Wildman–Crippen MR) is 71.2 cm³/mol. The predicted octanol–water partition coefficient (Wildman–Crippen LogP) is -0.127. The molecule has 3 N–H and O–H groups in total. The van der Waals surface area contributed by atoms with Crippen LogP contribution in [0.4, 0.5) is 0 Å². The van der Waals surface area contributed by atoms with Gasteiger partial charge in [0.25, 0.3) is 11.5 Å². The number of hydrogen-bond donors (Lipinski definition) is 3. The van der Waals surface area contributed by atoms with E-state index in [-0.39, 0.29) is 23.1 Å². The SMILES string of the molecule is O=C(NCCOC1CCNCC1)c1ccc[nH]c1=O. The Balaban J connectivity index is 1.69. The first kappa shape index (κ1) is 13.8. The summed E-state index contributed by atoms with van der Waals surface area (Å²) in [6.07, 6.45) is 3.79. The highest BCUT2D eigenvalue weighted by molar-refractivity contribution is 5.93. The molecule has 104 valence electrons. The number of hydrogen-bond acceptors (Lipinski definition) is 4. The topological polar surface area (TPSA) is 83.2 Å². The number of pyridine rings is 1. The number of rotatable bonds is 5. The average Bonchev–Trinajstić information content (AvgIpc) is 2.45. The van der Waals surface area contributed by atoms with Gasteiger partial charge in [-0.3, -0.25) is 9.59 Å². The van der Waals surface area contributed by atoms with E-state index >= 15 is 0 Å². The fourth-order valence-electron chi connectivity index (χ4n) is 2.05. The van der Waals surface area contributed by atoms with Gasteiger partial charge in [-0.1, -0.05) is 0 Å². The number of aromatic nitrogens is 1. The van der Waals surface area contributed by atoms with E-state index in [2.05, 4.69) is 15.6 Å². The van der Waals surface area contributed by atoms with Crippen molar-refractivity contribution >= 4 is 5.91 Å². The van der Waals surface area contributed by atoms with Gasteiger partial charge in [-0.05, 0) is 38.1 Å². The molecule has 1 aliphatic heterocycles. The second kappa shape index (κ2) is 7.06. The number of carbonyl (C=O) groups is 1. The molecule has 1 amide bonds. The summed E-state index contributed by atoms with van der Waals surface area (Å²) in [6.45, 7) is 2.85. The van der Waals surface area contributed by atoms with Crippen molar-refractivity contribution in [3.8, 4) is 0 Å². The van der Waals surface area contributed by atoms with Gasteiger partial charge >= 0.3 is 0 Å². The van der Waals surface area contributed by atoms with E-state index in [1.165, 1.54) is 12.3 Å². The third-order valence-corrected chi connectivity index (χ3v) is 3.09. The smallest absolute Gasteiger partial charge is 0.260 e. The van der Waals surface area contributed by atoms with E-state index in [0.29, 0.717) is 13.2 Å². The van der Waals surface area contributed by atoms with Gasteiger partial charge in [0.15, 0.2) is 0 Å². The second-order valence-electron chi connectivity index (χ2n) is 4.49. The lowest BCUT2D eigenvalue weighted by Crippen LogP contribution is -2.35. The molecule has 2 heterocycles. The summed E-state index contributed by atoms with van der Waals surface area (Å²) in [5.41, 5.74) is -0.247. The highest BCUT2D eigenvalue weighted by atomic mass is 16.5. The fourth-order valence-corrected chi connectivity index (χ4v) is 2.05. The minimum Gasteiger partial charge on any atom is -0.376 e. The van der Waals surface area contributed by atoms with Crippen LogP contribution in [0.5, 0.6) is 0 Å². The maximum atomic E-state index is 11.7. The molecule has 0 unspecified atom stereocenters. The number of piperidine rings is 1. The van der Waals surface area contributed by atoms with Crippen molar-refractivity contribution in [3.05, 3.63) is 34.2 Å². The Morgan fingerprint density at radius 1 is 1.42 bits per heavy atom. The lowest BCUT2D eigenvalue weighted by atomic mass is 10.1.